The van der Waals surface area contributed by atoms with Gasteiger partial charge in [-0.3, -0.25) is 4.79 Å². The summed E-state index contributed by atoms with van der Waals surface area (Å²) in [5, 5.41) is 8.68. The quantitative estimate of drug-likeness (QED) is 0.794. The number of aliphatic carboxylic acids is 1. The molecular formula is C10H14Cl4O2. The van der Waals surface area contributed by atoms with Crippen LogP contribution in [0.25, 0.3) is 0 Å². The molecule has 1 saturated carbocycles. The molecule has 94 valence electrons. The summed E-state index contributed by atoms with van der Waals surface area (Å²) in [6, 6.07) is 0. The van der Waals surface area contributed by atoms with Gasteiger partial charge in [0.25, 0.3) is 0 Å². The van der Waals surface area contributed by atoms with Crippen LogP contribution in [-0.4, -0.2) is 20.2 Å². The Morgan fingerprint density at radius 1 is 1.44 bits per heavy atom. The number of alkyl halides is 4. The van der Waals surface area contributed by atoms with Gasteiger partial charge in [0.05, 0.1) is 5.92 Å². The molecular weight excluding hydrogens is 294 g/mol. The largest absolute Gasteiger partial charge is 0.481 e. The molecule has 0 heterocycles. The fourth-order valence-corrected chi connectivity index (χ4v) is 3.50. The minimum absolute atomic E-state index is 0.0693. The number of rotatable bonds is 4. The van der Waals surface area contributed by atoms with Crippen molar-refractivity contribution >= 4 is 52.4 Å². The van der Waals surface area contributed by atoms with Crippen LogP contribution in [0.15, 0.2) is 0 Å². The Morgan fingerprint density at radius 2 is 1.94 bits per heavy atom. The maximum atomic E-state index is 10.9. The molecule has 1 aliphatic rings. The third-order valence-electron chi connectivity index (χ3n) is 3.28. The van der Waals surface area contributed by atoms with E-state index in [9.17, 15) is 4.79 Å². The maximum absolute atomic E-state index is 10.9. The summed E-state index contributed by atoms with van der Waals surface area (Å²) >= 11 is 22.9. The van der Waals surface area contributed by atoms with Gasteiger partial charge in [-0.15, -0.1) is 11.6 Å². The van der Waals surface area contributed by atoms with Crippen molar-refractivity contribution in [1.82, 2.24) is 0 Å². The van der Waals surface area contributed by atoms with Crippen molar-refractivity contribution in [3.63, 3.8) is 0 Å². The van der Waals surface area contributed by atoms with Gasteiger partial charge in [0.15, 0.2) is 3.79 Å². The van der Waals surface area contributed by atoms with Crippen molar-refractivity contribution in [3.05, 3.63) is 0 Å². The van der Waals surface area contributed by atoms with E-state index in [0.717, 1.165) is 0 Å². The Bertz CT molecular complexity index is 285. The zero-order valence-electron chi connectivity index (χ0n) is 9.01. The van der Waals surface area contributed by atoms with Crippen LogP contribution < -0.4 is 0 Å². The summed E-state index contributed by atoms with van der Waals surface area (Å²) in [5.74, 6) is -1.03. The molecule has 1 N–H and O–H groups in total. The van der Waals surface area contributed by atoms with Crippen molar-refractivity contribution in [2.24, 2.45) is 17.3 Å². The Balaban J connectivity index is 2.48. The van der Waals surface area contributed by atoms with Gasteiger partial charge < -0.3 is 5.11 Å². The van der Waals surface area contributed by atoms with Crippen LogP contribution in [0, 0.1) is 17.3 Å². The molecule has 1 aliphatic carbocycles. The van der Waals surface area contributed by atoms with Crippen LogP contribution in [0.1, 0.15) is 26.7 Å². The van der Waals surface area contributed by atoms with Crippen molar-refractivity contribution in [3.8, 4) is 0 Å². The van der Waals surface area contributed by atoms with Crippen molar-refractivity contribution in [1.29, 1.82) is 0 Å². The monoisotopic (exact) mass is 306 g/mol. The minimum Gasteiger partial charge on any atom is -0.481 e. The molecule has 0 aliphatic heterocycles. The standard InChI is InChI=1S/C10H14Cl4O2/c1-9(2)6(7(9)8(15)16)3-5(11)4-10(12,13)14/h5-7H,3-4H2,1-2H3,(H,15,16). The molecule has 0 aromatic rings. The molecule has 0 aromatic heterocycles. The molecule has 3 unspecified atom stereocenters. The lowest BCUT2D eigenvalue weighted by Gasteiger charge is -2.15. The van der Waals surface area contributed by atoms with E-state index >= 15 is 0 Å². The van der Waals surface area contributed by atoms with E-state index in [1.54, 1.807) is 0 Å². The van der Waals surface area contributed by atoms with E-state index in [0.29, 0.717) is 6.42 Å². The average Bonchev–Trinajstić information content (AvgIpc) is 2.47. The zero-order valence-corrected chi connectivity index (χ0v) is 12.0. The fourth-order valence-electron chi connectivity index (χ4n) is 2.28. The zero-order chi connectivity index (χ0) is 12.7. The number of carboxylic acid groups (broad SMARTS) is 1. The second-order valence-electron chi connectivity index (χ2n) is 4.90. The van der Waals surface area contributed by atoms with Gasteiger partial charge in [-0.2, -0.15) is 0 Å². The number of hydrogen-bond acceptors (Lipinski definition) is 1. The van der Waals surface area contributed by atoms with E-state index in [2.05, 4.69) is 0 Å². The van der Waals surface area contributed by atoms with Crippen LogP contribution in [0.2, 0.25) is 0 Å². The van der Waals surface area contributed by atoms with Gasteiger partial charge in [0.1, 0.15) is 0 Å². The van der Waals surface area contributed by atoms with Crippen molar-refractivity contribution < 1.29 is 9.90 Å². The summed E-state index contributed by atoms with van der Waals surface area (Å²) in [4.78, 5) is 10.9. The molecule has 6 heteroatoms. The van der Waals surface area contributed by atoms with Crippen molar-refractivity contribution in [2.75, 3.05) is 0 Å². The third-order valence-corrected chi connectivity index (χ3v) is 4.07. The number of carboxylic acids is 1. The first-order valence-corrected chi connectivity index (χ1v) is 6.56. The Hall–Kier alpha value is 0.630. The first kappa shape index (κ1) is 14.7. The van der Waals surface area contributed by atoms with Gasteiger partial charge in [0, 0.05) is 11.8 Å². The number of carbonyl (C=O) groups is 1. The summed E-state index contributed by atoms with van der Waals surface area (Å²) in [6.07, 6.45) is 0.803. The lowest BCUT2D eigenvalue weighted by Crippen LogP contribution is -2.13. The third kappa shape index (κ3) is 3.56. The lowest BCUT2D eigenvalue weighted by molar-refractivity contribution is -0.139. The second kappa shape index (κ2) is 4.72. The van der Waals surface area contributed by atoms with Crippen LogP contribution in [0.3, 0.4) is 0 Å². The first-order chi connectivity index (χ1) is 7.05. The molecule has 1 rings (SSSR count). The Labute approximate surface area is 115 Å². The Morgan fingerprint density at radius 3 is 2.25 bits per heavy atom. The summed E-state index contributed by atoms with van der Waals surface area (Å²) < 4.78 is -1.37. The summed E-state index contributed by atoms with van der Waals surface area (Å²) in [7, 11) is 0. The molecule has 0 saturated heterocycles. The fraction of sp³-hybridized carbons (Fsp3) is 0.900. The predicted octanol–water partition coefficient (Wildman–Crippen LogP) is 4.10. The SMILES string of the molecule is CC1(C)C(CC(Cl)CC(Cl)(Cl)Cl)C1C(=O)O. The summed E-state index contributed by atoms with van der Waals surface area (Å²) in [5.41, 5.74) is -0.202. The predicted molar refractivity (Wildman–Crippen MR) is 67.6 cm³/mol. The molecule has 16 heavy (non-hydrogen) atoms. The highest BCUT2D eigenvalue weighted by Crippen LogP contribution is 2.61. The van der Waals surface area contributed by atoms with Gasteiger partial charge in [-0.1, -0.05) is 48.7 Å². The highest BCUT2D eigenvalue weighted by Gasteiger charge is 2.62. The van der Waals surface area contributed by atoms with E-state index in [4.69, 9.17) is 51.5 Å². The van der Waals surface area contributed by atoms with Gasteiger partial charge in [0.2, 0.25) is 0 Å². The van der Waals surface area contributed by atoms with Gasteiger partial charge >= 0.3 is 5.97 Å². The number of hydrogen-bond donors (Lipinski definition) is 1. The topological polar surface area (TPSA) is 37.3 Å². The molecule has 0 aromatic carbocycles. The molecule has 3 atom stereocenters. The lowest BCUT2D eigenvalue weighted by atomic mass is 10.1. The van der Waals surface area contributed by atoms with Crippen LogP contribution >= 0.6 is 46.4 Å². The van der Waals surface area contributed by atoms with E-state index in [1.165, 1.54) is 0 Å². The molecule has 0 spiro atoms. The normalized spacial score (nSPS) is 29.9. The Kier molecular flexibility index (Phi) is 4.33. The van der Waals surface area contributed by atoms with Crippen LogP contribution in [0.4, 0.5) is 0 Å². The van der Waals surface area contributed by atoms with E-state index in [-0.39, 0.29) is 29.0 Å². The van der Waals surface area contributed by atoms with E-state index < -0.39 is 9.76 Å². The highest BCUT2D eigenvalue weighted by atomic mass is 35.6. The smallest absolute Gasteiger partial charge is 0.307 e. The summed E-state index contributed by atoms with van der Waals surface area (Å²) in [6.45, 7) is 3.85. The molecule has 0 radical (unpaired) electrons. The highest BCUT2D eigenvalue weighted by molar-refractivity contribution is 6.67. The van der Waals surface area contributed by atoms with Gasteiger partial charge in [-0.05, 0) is 17.8 Å². The number of halogens is 4. The van der Waals surface area contributed by atoms with Gasteiger partial charge in [-0.25, -0.2) is 0 Å². The van der Waals surface area contributed by atoms with E-state index in [1.807, 2.05) is 13.8 Å². The van der Waals surface area contributed by atoms with Crippen molar-refractivity contribution in [2.45, 2.75) is 35.9 Å². The average molecular weight is 308 g/mol. The molecule has 2 nitrogen and oxygen atoms in total. The maximum Gasteiger partial charge on any atom is 0.307 e. The second-order valence-corrected chi connectivity index (χ2v) is 8.03. The first-order valence-electron chi connectivity index (χ1n) is 4.99. The molecule has 1 fully saturated rings. The van der Waals surface area contributed by atoms with Crippen LogP contribution in [-0.2, 0) is 4.79 Å². The molecule has 0 amide bonds. The minimum atomic E-state index is -1.37. The van der Waals surface area contributed by atoms with Crippen LogP contribution in [0.5, 0.6) is 0 Å². The molecule has 0 bridgehead atoms.